The third-order valence-electron chi connectivity index (χ3n) is 8.97. The van der Waals surface area contributed by atoms with Gasteiger partial charge in [-0.2, -0.15) is 0 Å². The van der Waals surface area contributed by atoms with Gasteiger partial charge in [0.2, 0.25) is 0 Å². The maximum atomic E-state index is 9.06. The van der Waals surface area contributed by atoms with E-state index in [-0.39, 0.29) is 58.1 Å². The van der Waals surface area contributed by atoms with Gasteiger partial charge in [-0.05, 0) is 65.7 Å². The molecular formula is C45H28N4O. The fourth-order valence-corrected chi connectivity index (χ4v) is 6.65. The lowest BCUT2D eigenvalue weighted by Crippen LogP contribution is -2.01. The van der Waals surface area contributed by atoms with Crippen LogP contribution in [0.5, 0.6) is 0 Å². The van der Waals surface area contributed by atoms with Crippen LogP contribution >= 0.6 is 0 Å². The van der Waals surface area contributed by atoms with Crippen molar-refractivity contribution in [2.24, 2.45) is 0 Å². The van der Waals surface area contributed by atoms with E-state index in [9.17, 15) is 0 Å². The van der Waals surface area contributed by atoms with Crippen LogP contribution in [0.2, 0.25) is 0 Å². The van der Waals surface area contributed by atoms with Crippen molar-refractivity contribution >= 4 is 43.7 Å². The highest BCUT2D eigenvalue weighted by molar-refractivity contribution is 6.09. The van der Waals surface area contributed by atoms with Crippen molar-refractivity contribution in [1.82, 2.24) is 19.5 Å². The second-order valence-corrected chi connectivity index (χ2v) is 12.0. The molecule has 50 heavy (non-hydrogen) atoms. The van der Waals surface area contributed by atoms with Gasteiger partial charge >= 0.3 is 0 Å². The predicted molar refractivity (Wildman–Crippen MR) is 203 cm³/mol. The largest absolute Gasteiger partial charge is 0.456 e. The molecule has 234 valence electrons. The first-order valence-corrected chi connectivity index (χ1v) is 16.2. The summed E-state index contributed by atoms with van der Waals surface area (Å²) in [6.07, 6.45) is 0. The summed E-state index contributed by atoms with van der Waals surface area (Å²) < 4.78 is 60.7. The van der Waals surface area contributed by atoms with Crippen molar-refractivity contribution in [3.8, 4) is 51.0 Å². The molecule has 5 nitrogen and oxygen atoms in total. The third kappa shape index (κ3) is 4.67. The van der Waals surface area contributed by atoms with Crippen LogP contribution in [0.15, 0.2) is 174 Å². The molecule has 10 rings (SSSR count). The molecule has 0 saturated heterocycles. The standard InChI is InChI=1S/C45H28N4O/c1-3-13-29(14-4-1)32-25-33(27-34(26-32)49-39-20-10-7-17-35(39)36-18-8-11-21-40(36)49)45-47-43(30-15-5-2-6-16-30)46-44(48-45)31-23-24-42-38(28-31)37-19-9-12-22-41(37)50-42/h1-28H/i7D,8D,17D,18D,20D,21D. The van der Waals surface area contributed by atoms with E-state index in [0.29, 0.717) is 28.7 Å². The van der Waals surface area contributed by atoms with Crippen molar-refractivity contribution in [1.29, 1.82) is 0 Å². The summed E-state index contributed by atoms with van der Waals surface area (Å²) in [7, 11) is 0. The molecule has 5 heteroatoms. The quantitative estimate of drug-likeness (QED) is 0.187. The van der Waals surface area contributed by atoms with Gasteiger partial charge in [0.05, 0.1) is 19.3 Å². The SMILES string of the molecule is [2H]c1cc([2H])c2c(c1[2H])c1c([2H])c([2H])cc([2H])c1n2-c1cc(-c2ccccc2)cc(-c2nc(-c3ccccc3)nc(-c3ccc4oc5ccccc5c4c3)n2)c1. The fourth-order valence-electron chi connectivity index (χ4n) is 6.65. The molecule has 7 aromatic carbocycles. The average molecular weight is 647 g/mol. The summed E-state index contributed by atoms with van der Waals surface area (Å²) in [6.45, 7) is 0. The van der Waals surface area contributed by atoms with Gasteiger partial charge in [0.25, 0.3) is 0 Å². The normalized spacial score (nSPS) is 13.3. The van der Waals surface area contributed by atoms with E-state index in [1.54, 1.807) is 4.57 Å². The molecule has 10 aromatic rings. The summed E-state index contributed by atoms with van der Waals surface area (Å²) in [4.78, 5) is 15.1. The van der Waals surface area contributed by atoms with Gasteiger partial charge in [-0.25, -0.2) is 15.0 Å². The summed E-state index contributed by atoms with van der Waals surface area (Å²) in [5.74, 6) is 1.30. The Morgan fingerprint density at radius 3 is 1.72 bits per heavy atom. The zero-order chi connectivity index (χ0) is 38.2. The van der Waals surface area contributed by atoms with E-state index >= 15 is 0 Å². The Labute approximate surface area is 296 Å². The van der Waals surface area contributed by atoms with Gasteiger partial charge in [0.1, 0.15) is 11.2 Å². The molecule has 0 N–H and O–H groups in total. The van der Waals surface area contributed by atoms with Crippen LogP contribution in [0, 0.1) is 0 Å². The van der Waals surface area contributed by atoms with Gasteiger partial charge in [0, 0.05) is 43.9 Å². The highest BCUT2D eigenvalue weighted by Gasteiger charge is 2.18. The first-order chi connectivity index (χ1) is 27.2. The minimum atomic E-state index is -0.172. The number of furan rings is 1. The van der Waals surface area contributed by atoms with Crippen LogP contribution in [0.1, 0.15) is 8.22 Å². The second kappa shape index (κ2) is 11.4. The first-order valence-electron chi connectivity index (χ1n) is 19.2. The Kier molecular flexibility index (Phi) is 5.17. The minimum Gasteiger partial charge on any atom is -0.456 e. The smallest absolute Gasteiger partial charge is 0.164 e. The molecule has 0 radical (unpaired) electrons. The monoisotopic (exact) mass is 646 g/mol. The van der Waals surface area contributed by atoms with E-state index in [1.807, 2.05) is 121 Å². The molecule has 0 spiro atoms. The number of benzene rings is 7. The van der Waals surface area contributed by atoms with Crippen LogP contribution in [0.3, 0.4) is 0 Å². The van der Waals surface area contributed by atoms with Crippen molar-refractivity contribution in [2.75, 3.05) is 0 Å². The Morgan fingerprint density at radius 1 is 0.420 bits per heavy atom. The Morgan fingerprint density at radius 2 is 1.00 bits per heavy atom. The van der Waals surface area contributed by atoms with E-state index in [2.05, 4.69) is 0 Å². The zero-order valence-electron chi connectivity index (χ0n) is 32.4. The Bertz CT molecular complexity index is 3150. The molecule has 0 atom stereocenters. The first kappa shape index (κ1) is 22.7. The summed E-state index contributed by atoms with van der Waals surface area (Å²) in [5, 5.41) is 2.30. The topological polar surface area (TPSA) is 56.7 Å². The molecule has 0 aliphatic carbocycles. The van der Waals surface area contributed by atoms with E-state index in [4.69, 9.17) is 27.6 Å². The lowest BCUT2D eigenvalue weighted by Gasteiger charge is -2.14. The van der Waals surface area contributed by atoms with Crippen LogP contribution in [0.25, 0.3) is 94.7 Å². The zero-order valence-corrected chi connectivity index (χ0v) is 26.4. The van der Waals surface area contributed by atoms with E-state index in [0.717, 1.165) is 44.2 Å². The predicted octanol–water partition coefficient (Wildman–Crippen LogP) is 11.5. The molecule has 0 saturated carbocycles. The van der Waals surface area contributed by atoms with Gasteiger partial charge in [0.15, 0.2) is 17.5 Å². The number of rotatable bonds is 5. The molecule has 0 aliphatic heterocycles. The van der Waals surface area contributed by atoms with Gasteiger partial charge in [-0.1, -0.05) is 115 Å². The Balaban J connectivity index is 1.28. The summed E-state index contributed by atoms with van der Waals surface area (Å²) >= 11 is 0. The highest BCUT2D eigenvalue weighted by atomic mass is 16.3. The maximum Gasteiger partial charge on any atom is 0.164 e. The van der Waals surface area contributed by atoms with E-state index in [1.165, 1.54) is 12.1 Å². The summed E-state index contributed by atoms with van der Waals surface area (Å²) in [5.41, 5.74) is 6.50. The molecule has 0 bridgehead atoms. The average Bonchev–Trinajstić information content (AvgIpc) is 3.80. The molecule has 3 heterocycles. The van der Waals surface area contributed by atoms with Crippen LogP contribution < -0.4 is 0 Å². The molecule has 3 aromatic heterocycles. The molecule has 0 aliphatic rings. The molecular weight excluding hydrogens is 613 g/mol. The number of aromatic nitrogens is 4. The number of nitrogens with zero attached hydrogens (tertiary/aromatic N) is 4. The maximum absolute atomic E-state index is 9.06. The van der Waals surface area contributed by atoms with Gasteiger partial charge in [-0.15, -0.1) is 0 Å². The van der Waals surface area contributed by atoms with Crippen LogP contribution in [-0.2, 0) is 0 Å². The third-order valence-corrected chi connectivity index (χ3v) is 8.97. The molecule has 0 amide bonds. The molecule has 0 unspecified atom stereocenters. The van der Waals surface area contributed by atoms with Crippen LogP contribution in [-0.4, -0.2) is 19.5 Å². The van der Waals surface area contributed by atoms with Crippen molar-refractivity contribution in [2.45, 2.75) is 0 Å². The van der Waals surface area contributed by atoms with Crippen LogP contribution in [0.4, 0.5) is 0 Å². The minimum absolute atomic E-state index is 0.0369. The lowest BCUT2D eigenvalue weighted by atomic mass is 10.0. The second-order valence-electron chi connectivity index (χ2n) is 12.0. The Hall–Kier alpha value is -6.85. The molecule has 0 fully saturated rings. The van der Waals surface area contributed by atoms with Gasteiger partial charge < -0.3 is 8.98 Å². The lowest BCUT2D eigenvalue weighted by molar-refractivity contribution is 0.669. The number of hydrogen-bond donors (Lipinski definition) is 0. The number of fused-ring (bicyclic) bond motifs is 6. The van der Waals surface area contributed by atoms with Gasteiger partial charge in [-0.3, -0.25) is 0 Å². The fraction of sp³-hybridized carbons (Fsp3) is 0. The highest BCUT2D eigenvalue weighted by Crippen LogP contribution is 2.37. The van der Waals surface area contributed by atoms with E-state index < -0.39 is 0 Å². The summed E-state index contributed by atoms with van der Waals surface area (Å²) in [6, 6.07) is 40.9. The number of hydrogen-bond acceptors (Lipinski definition) is 4. The number of para-hydroxylation sites is 3. The van der Waals surface area contributed by atoms with Crippen molar-refractivity contribution in [3.05, 3.63) is 170 Å². The van der Waals surface area contributed by atoms with Crippen molar-refractivity contribution in [3.63, 3.8) is 0 Å². The van der Waals surface area contributed by atoms with Crippen molar-refractivity contribution < 1.29 is 12.6 Å².